The van der Waals surface area contributed by atoms with Gasteiger partial charge in [0.25, 0.3) is 11.8 Å². The fraction of sp³-hybridized carbons (Fsp3) is 0.346. The van der Waals surface area contributed by atoms with Crippen LogP contribution in [0, 0.1) is 11.8 Å². The first kappa shape index (κ1) is 42.5. The Bertz CT molecular complexity index is 2440. The number of carbonyl (C=O) groups is 4. The van der Waals surface area contributed by atoms with Gasteiger partial charge in [0.05, 0.1) is 12.4 Å². The number of rotatable bonds is 8. The number of ketones is 2. The van der Waals surface area contributed by atoms with Crippen LogP contribution >= 0.6 is 0 Å². The van der Waals surface area contributed by atoms with E-state index in [0.29, 0.717) is 47.3 Å². The number of aromatic nitrogens is 4. The number of benzene rings is 4. The standard InChI is InChI=1S/2C26H27N3O3/c2*1-28-16-22(15-27-28)25(18-5-3-2-4-6-18)19-9-11-29(12-10-19)26(31)20-7-8-24-21(13-20)14-23(30)17-32-24/h2*2-8,13,15-16,19,25H,9-12,14,17H2,1H3/t2*25-/m10/s1. The van der Waals surface area contributed by atoms with Gasteiger partial charge in [0.15, 0.2) is 11.6 Å². The maximum absolute atomic E-state index is 13.2. The number of likely N-dealkylation sites (tertiary alicyclic amines) is 2. The molecule has 0 N–H and O–H groups in total. The van der Waals surface area contributed by atoms with Gasteiger partial charge < -0.3 is 19.3 Å². The molecule has 0 radical (unpaired) electrons. The van der Waals surface area contributed by atoms with Crippen molar-refractivity contribution in [2.24, 2.45) is 25.9 Å². The van der Waals surface area contributed by atoms with E-state index >= 15 is 0 Å². The lowest BCUT2D eigenvalue weighted by Gasteiger charge is -2.36. The Kier molecular flexibility index (Phi) is 12.5. The minimum Gasteiger partial charge on any atom is -0.486 e. The van der Waals surface area contributed by atoms with Gasteiger partial charge in [0, 0.05) is 99.6 Å². The number of Topliss-reactive ketones (excluding diaryl/α,β-unsaturated/α-hetero) is 2. The van der Waals surface area contributed by atoms with Crippen molar-refractivity contribution < 1.29 is 28.7 Å². The molecule has 4 aliphatic rings. The molecule has 64 heavy (non-hydrogen) atoms. The molecule has 6 aromatic rings. The van der Waals surface area contributed by atoms with Crippen LogP contribution in [0.2, 0.25) is 0 Å². The van der Waals surface area contributed by atoms with Gasteiger partial charge in [-0.25, -0.2) is 0 Å². The fourth-order valence-electron chi connectivity index (χ4n) is 10.1. The highest BCUT2D eigenvalue weighted by molar-refractivity contribution is 5.96. The van der Waals surface area contributed by atoms with Crippen LogP contribution in [0.15, 0.2) is 122 Å². The highest BCUT2D eigenvalue weighted by Crippen LogP contribution is 2.40. The number of carbonyl (C=O) groups excluding carboxylic acids is 4. The van der Waals surface area contributed by atoms with Gasteiger partial charge in [0.2, 0.25) is 0 Å². The molecule has 0 aliphatic carbocycles. The van der Waals surface area contributed by atoms with E-state index in [1.807, 2.05) is 94.2 Å². The first-order valence-electron chi connectivity index (χ1n) is 22.4. The monoisotopic (exact) mass is 858 g/mol. The van der Waals surface area contributed by atoms with E-state index in [4.69, 9.17) is 9.47 Å². The van der Waals surface area contributed by atoms with Crippen LogP contribution < -0.4 is 9.47 Å². The molecule has 4 aliphatic heterocycles. The topological polar surface area (TPSA) is 129 Å². The number of fused-ring (bicyclic) bond motifs is 2. The molecule has 328 valence electrons. The molecular formula is C52H54N6O6. The van der Waals surface area contributed by atoms with Crippen LogP contribution in [0.25, 0.3) is 0 Å². The number of hydrogen-bond acceptors (Lipinski definition) is 8. The van der Waals surface area contributed by atoms with Crippen LogP contribution in [0.1, 0.15) is 91.6 Å². The fourth-order valence-corrected chi connectivity index (χ4v) is 10.1. The number of amides is 2. The molecule has 2 amide bonds. The molecular weight excluding hydrogens is 805 g/mol. The predicted octanol–water partition coefficient (Wildman–Crippen LogP) is 7.22. The van der Waals surface area contributed by atoms with E-state index in [1.165, 1.54) is 22.3 Å². The summed E-state index contributed by atoms with van der Waals surface area (Å²) < 4.78 is 14.6. The highest BCUT2D eigenvalue weighted by atomic mass is 16.5. The lowest BCUT2D eigenvalue weighted by molar-refractivity contribution is -0.122. The Hall–Kier alpha value is -6.82. The summed E-state index contributed by atoms with van der Waals surface area (Å²) in [6.07, 6.45) is 12.6. The van der Waals surface area contributed by atoms with Crippen molar-refractivity contribution in [1.29, 1.82) is 0 Å². The van der Waals surface area contributed by atoms with Gasteiger partial charge in [-0.2, -0.15) is 10.2 Å². The maximum atomic E-state index is 13.2. The average Bonchev–Trinajstić information content (AvgIpc) is 3.96. The zero-order valence-electron chi connectivity index (χ0n) is 36.5. The maximum Gasteiger partial charge on any atom is 0.253 e. The summed E-state index contributed by atoms with van der Waals surface area (Å²) in [5.41, 5.74) is 7.92. The second kappa shape index (κ2) is 18.9. The summed E-state index contributed by atoms with van der Waals surface area (Å²) in [6.45, 7) is 3.12. The number of nitrogens with zero attached hydrogens (tertiary/aromatic N) is 6. The smallest absolute Gasteiger partial charge is 0.253 e. The molecule has 2 saturated heterocycles. The summed E-state index contributed by atoms with van der Waals surface area (Å²) in [5, 5.41) is 8.80. The van der Waals surface area contributed by atoms with Crippen LogP contribution in [0.5, 0.6) is 11.5 Å². The van der Waals surface area contributed by atoms with Gasteiger partial charge in [-0.15, -0.1) is 0 Å². The van der Waals surface area contributed by atoms with Gasteiger partial charge in [-0.1, -0.05) is 60.7 Å². The van der Waals surface area contributed by atoms with Gasteiger partial charge in [0.1, 0.15) is 24.7 Å². The summed E-state index contributed by atoms with van der Waals surface area (Å²) in [6, 6.07) is 32.1. The van der Waals surface area contributed by atoms with Crippen molar-refractivity contribution in [1.82, 2.24) is 29.4 Å². The second-order valence-corrected chi connectivity index (χ2v) is 17.6. The zero-order valence-corrected chi connectivity index (χ0v) is 36.5. The molecule has 0 spiro atoms. The van der Waals surface area contributed by atoms with Crippen LogP contribution in [0.3, 0.4) is 0 Å². The van der Waals surface area contributed by atoms with Crippen molar-refractivity contribution in [3.63, 3.8) is 0 Å². The molecule has 10 rings (SSSR count). The van der Waals surface area contributed by atoms with Gasteiger partial charge >= 0.3 is 0 Å². The largest absolute Gasteiger partial charge is 0.486 e. The molecule has 2 atom stereocenters. The third-order valence-electron chi connectivity index (χ3n) is 13.2. The van der Waals surface area contributed by atoms with Crippen molar-refractivity contribution >= 4 is 23.4 Å². The van der Waals surface area contributed by atoms with E-state index in [9.17, 15) is 19.2 Å². The first-order valence-corrected chi connectivity index (χ1v) is 22.4. The first-order chi connectivity index (χ1) is 31.2. The van der Waals surface area contributed by atoms with Crippen LogP contribution in [0.4, 0.5) is 0 Å². The molecule has 0 saturated carbocycles. The van der Waals surface area contributed by atoms with Crippen molar-refractivity contribution in [2.45, 2.75) is 50.4 Å². The SMILES string of the molecule is Cn1cc([C@@H](c2ccccc2)C2CCN(C(=O)c3ccc4c(c3)CC(=O)CO4)CC2)cn1.Cn1cc([C@H](c2ccccc2)C2CCN(C(=O)c3ccc4c(c3)CC(=O)CO4)CC2)cn1. The van der Waals surface area contributed by atoms with Crippen molar-refractivity contribution in [3.8, 4) is 11.5 Å². The Morgan fingerprint density at radius 1 is 0.547 bits per heavy atom. The molecule has 2 aromatic heterocycles. The van der Waals surface area contributed by atoms with E-state index < -0.39 is 0 Å². The molecule has 12 nitrogen and oxygen atoms in total. The third-order valence-corrected chi connectivity index (χ3v) is 13.2. The van der Waals surface area contributed by atoms with Gasteiger partial charge in [-0.05, 0) is 96.2 Å². The normalized spacial score (nSPS) is 17.5. The molecule has 0 bridgehead atoms. The second-order valence-electron chi connectivity index (χ2n) is 17.6. The van der Waals surface area contributed by atoms with Crippen molar-refractivity contribution in [3.05, 3.63) is 166 Å². The number of ether oxygens (including phenoxy) is 2. The minimum absolute atomic E-state index is 0.0295. The van der Waals surface area contributed by atoms with E-state index in [-0.39, 0.29) is 48.4 Å². The Morgan fingerprint density at radius 2 is 0.938 bits per heavy atom. The Labute approximate surface area is 373 Å². The predicted molar refractivity (Wildman–Crippen MR) is 242 cm³/mol. The molecule has 0 unspecified atom stereocenters. The average molecular weight is 859 g/mol. The van der Waals surface area contributed by atoms with Crippen LogP contribution in [-0.2, 0) is 36.5 Å². The molecule has 2 fully saturated rings. The minimum atomic E-state index is 0.0295. The Morgan fingerprint density at radius 3 is 1.30 bits per heavy atom. The third kappa shape index (κ3) is 9.41. The van der Waals surface area contributed by atoms with Crippen molar-refractivity contribution in [2.75, 3.05) is 39.4 Å². The highest BCUT2D eigenvalue weighted by Gasteiger charge is 2.34. The zero-order chi connectivity index (χ0) is 44.2. The summed E-state index contributed by atoms with van der Waals surface area (Å²) in [4.78, 5) is 53.7. The summed E-state index contributed by atoms with van der Waals surface area (Å²) in [5.74, 6) is 3.01. The molecule has 6 heterocycles. The number of aryl methyl sites for hydroxylation is 2. The molecule has 12 heteroatoms. The van der Waals surface area contributed by atoms with E-state index in [0.717, 1.165) is 63.0 Å². The van der Waals surface area contributed by atoms with Gasteiger partial charge in [-0.3, -0.25) is 28.5 Å². The lowest BCUT2D eigenvalue weighted by Crippen LogP contribution is -2.40. The quantitative estimate of drug-likeness (QED) is 0.157. The van der Waals surface area contributed by atoms with E-state index in [1.54, 1.807) is 0 Å². The number of piperidine rings is 2. The Balaban J connectivity index is 0.000000162. The molecule has 4 aromatic carbocycles. The summed E-state index contributed by atoms with van der Waals surface area (Å²) >= 11 is 0. The summed E-state index contributed by atoms with van der Waals surface area (Å²) in [7, 11) is 3.90. The van der Waals surface area contributed by atoms with E-state index in [2.05, 4.69) is 71.1 Å². The van der Waals surface area contributed by atoms with Crippen LogP contribution in [-0.4, -0.2) is 92.1 Å². The number of hydrogen-bond donors (Lipinski definition) is 0. The lowest BCUT2D eigenvalue weighted by atomic mass is 9.77.